The van der Waals surface area contributed by atoms with Crippen molar-refractivity contribution in [3.63, 3.8) is 0 Å². The number of likely N-dealkylation sites (tertiary alicyclic amines) is 1. The summed E-state index contributed by atoms with van der Waals surface area (Å²) in [5.74, 6) is 1.20. The Hall–Kier alpha value is -3.66. The number of aromatic nitrogens is 2. The number of para-hydroxylation sites is 1. The number of ether oxygens (including phenoxy) is 1. The van der Waals surface area contributed by atoms with Crippen LogP contribution in [0.25, 0.3) is 0 Å². The van der Waals surface area contributed by atoms with Crippen molar-refractivity contribution in [2.24, 2.45) is 5.73 Å². The van der Waals surface area contributed by atoms with Crippen molar-refractivity contribution in [3.05, 3.63) is 59.3 Å². The Bertz CT molecular complexity index is 1710. The van der Waals surface area contributed by atoms with Gasteiger partial charge in [-0.05, 0) is 70.4 Å². The van der Waals surface area contributed by atoms with E-state index in [1.807, 2.05) is 24.8 Å². The second-order valence-electron chi connectivity index (χ2n) is 11.7. The van der Waals surface area contributed by atoms with Crippen molar-refractivity contribution < 1.29 is 22.7 Å². The molecule has 5 rings (SSSR count). The van der Waals surface area contributed by atoms with E-state index >= 15 is 0 Å². The van der Waals surface area contributed by atoms with Gasteiger partial charge in [0.1, 0.15) is 11.6 Å². The summed E-state index contributed by atoms with van der Waals surface area (Å²) in [5.41, 5.74) is 8.64. The van der Waals surface area contributed by atoms with E-state index in [2.05, 4.69) is 38.2 Å². The van der Waals surface area contributed by atoms with E-state index in [1.165, 1.54) is 0 Å². The number of piperidine rings is 1. The van der Waals surface area contributed by atoms with Crippen LogP contribution in [0.3, 0.4) is 0 Å². The van der Waals surface area contributed by atoms with Gasteiger partial charge in [-0.2, -0.15) is 4.98 Å². The van der Waals surface area contributed by atoms with Crippen LogP contribution in [0.4, 0.5) is 27.9 Å². The lowest BCUT2D eigenvalue weighted by Crippen LogP contribution is -2.48. The number of primary amides is 1. The van der Waals surface area contributed by atoms with Gasteiger partial charge in [-0.25, -0.2) is 18.2 Å². The van der Waals surface area contributed by atoms with Gasteiger partial charge in [-0.1, -0.05) is 34.7 Å². The van der Waals surface area contributed by atoms with Gasteiger partial charge in [0.15, 0.2) is 9.84 Å². The first kappa shape index (κ1) is 32.7. The number of nitrogens with one attached hydrogen (secondary N) is 2. The Kier molecular flexibility index (Phi) is 9.72. The summed E-state index contributed by atoms with van der Waals surface area (Å²) in [6.07, 6.45) is 2.88. The number of nitrogens with zero attached hydrogens (tertiary/aromatic N) is 4. The van der Waals surface area contributed by atoms with Gasteiger partial charge in [0, 0.05) is 47.4 Å². The van der Waals surface area contributed by atoms with E-state index in [0.29, 0.717) is 65.4 Å². The number of hydrogen-bond donors (Lipinski definition) is 3. The van der Waals surface area contributed by atoms with Gasteiger partial charge in [0.05, 0.1) is 27.6 Å². The average molecular weight is 748 g/mol. The van der Waals surface area contributed by atoms with Crippen LogP contribution in [0.2, 0.25) is 0 Å². The number of sulfone groups is 1. The Balaban J connectivity index is 1.44. The second kappa shape index (κ2) is 13.4. The summed E-state index contributed by atoms with van der Waals surface area (Å²) in [7, 11) is -3.55. The molecular formula is C31H38IN7O5S. The molecule has 1 aromatic heterocycles. The Morgan fingerprint density at radius 2 is 1.82 bits per heavy atom. The van der Waals surface area contributed by atoms with Crippen LogP contribution in [0, 0.1) is 0 Å². The quantitative estimate of drug-likeness (QED) is 0.183. The highest BCUT2D eigenvalue weighted by molar-refractivity contribution is 14.1. The molecule has 2 aromatic carbocycles. The maximum absolute atomic E-state index is 13.6. The molecule has 2 aliphatic heterocycles. The smallest absolute Gasteiger partial charge is 0.314 e. The van der Waals surface area contributed by atoms with Crippen LogP contribution in [0.15, 0.2) is 47.5 Å². The lowest BCUT2D eigenvalue weighted by Gasteiger charge is -2.35. The van der Waals surface area contributed by atoms with Crippen molar-refractivity contribution in [1.29, 1.82) is 0 Å². The largest absolute Gasteiger partial charge is 0.489 e. The molecular weight excluding hydrogens is 709 g/mol. The Morgan fingerprint density at radius 1 is 1.11 bits per heavy atom. The van der Waals surface area contributed by atoms with Crippen molar-refractivity contribution >= 4 is 67.5 Å². The molecule has 1 fully saturated rings. The highest BCUT2D eigenvalue weighted by Gasteiger charge is 2.36. The third kappa shape index (κ3) is 6.95. The molecule has 0 radical (unpaired) electrons. The zero-order chi connectivity index (χ0) is 32.5. The minimum Gasteiger partial charge on any atom is -0.489 e. The number of fused-ring (bicyclic) bond motifs is 1. The van der Waals surface area contributed by atoms with E-state index < -0.39 is 21.1 Å². The molecule has 0 bridgehead atoms. The van der Waals surface area contributed by atoms with Crippen LogP contribution in [-0.4, -0.2) is 70.6 Å². The van der Waals surface area contributed by atoms with Gasteiger partial charge in [-0.3, -0.25) is 4.79 Å². The summed E-state index contributed by atoms with van der Waals surface area (Å²) >= 11 is 2.21. The molecule has 0 unspecified atom stereocenters. The van der Waals surface area contributed by atoms with Gasteiger partial charge in [0.2, 0.25) is 5.95 Å². The van der Waals surface area contributed by atoms with Crippen molar-refractivity contribution in [1.82, 2.24) is 19.8 Å². The Labute approximate surface area is 277 Å². The number of alkyl halides is 1. The molecule has 0 saturated carbocycles. The zero-order valence-corrected chi connectivity index (χ0v) is 28.7. The summed E-state index contributed by atoms with van der Waals surface area (Å²) in [5, 5.41) is 5.88. The molecule has 45 heavy (non-hydrogen) atoms. The Morgan fingerprint density at radius 3 is 2.47 bits per heavy atom. The molecule has 14 heteroatoms. The molecule has 0 aliphatic carbocycles. The molecule has 0 spiro atoms. The molecule has 3 amide bonds. The van der Waals surface area contributed by atoms with Crippen LogP contribution >= 0.6 is 22.6 Å². The van der Waals surface area contributed by atoms with Gasteiger partial charge in [-0.15, -0.1) is 0 Å². The third-order valence-electron chi connectivity index (χ3n) is 7.94. The minimum absolute atomic E-state index is 0.00607. The van der Waals surface area contributed by atoms with Crippen molar-refractivity contribution in [3.8, 4) is 5.75 Å². The molecule has 240 valence electrons. The van der Waals surface area contributed by atoms with E-state index in [-0.39, 0.29) is 28.9 Å². The first-order valence-corrected chi connectivity index (χ1v) is 17.9. The number of anilines is 4. The average Bonchev–Trinajstić information content (AvgIpc) is 3.32. The predicted molar refractivity (Wildman–Crippen MR) is 181 cm³/mol. The first-order chi connectivity index (χ1) is 21.4. The lowest BCUT2D eigenvalue weighted by atomic mass is 10.0. The van der Waals surface area contributed by atoms with Crippen LogP contribution in [0.5, 0.6) is 5.75 Å². The minimum atomic E-state index is -3.55. The number of benzene rings is 2. The number of carbonyl (C=O) groups is 2. The van der Waals surface area contributed by atoms with Crippen LogP contribution in [-0.2, 0) is 20.8 Å². The first-order valence-electron chi connectivity index (χ1n) is 14.9. The molecule has 3 aromatic rings. The molecule has 1 saturated heterocycles. The number of hydrogen-bond acceptors (Lipinski definition) is 9. The standard InChI is InChI=1S/C31H38IN7O5S/c1-18(2)44-26-13-20-17-39(22-9-11-38(12-10-22)30(33)41)29(40)23(20)14-25(26)36-31-34-16-21(15-32)28(37-31)35-24-7-5-6-8-27(24)45(42,43)19(3)4/h5-8,13-14,16,18-19,22H,9-12,15,17H2,1-4H3,(H2,33,41)(H2,34,35,36,37). The highest BCUT2D eigenvalue weighted by Crippen LogP contribution is 2.38. The molecule has 4 N–H and O–H groups in total. The highest BCUT2D eigenvalue weighted by atomic mass is 127. The topological polar surface area (TPSA) is 160 Å². The monoisotopic (exact) mass is 747 g/mol. The maximum atomic E-state index is 13.6. The third-order valence-corrected chi connectivity index (χ3v) is 11.0. The van der Waals surface area contributed by atoms with E-state index in [0.717, 1.165) is 11.1 Å². The normalized spacial score (nSPS) is 15.5. The number of nitrogens with two attached hydrogens (primary N) is 1. The lowest BCUT2D eigenvalue weighted by molar-refractivity contribution is 0.0625. The number of carbonyl (C=O) groups excluding carboxylic acids is 2. The van der Waals surface area contributed by atoms with Crippen molar-refractivity contribution in [2.45, 2.75) is 73.8 Å². The summed E-state index contributed by atoms with van der Waals surface area (Å²) in [6, 6.07) is 10.0. The number of urea groups is 1. The summed E-state index contributed by atoms with van der Waals surface area (Å²) in [6.45, 7) is 8.65. The van der Waals surface area contributed by atoms with Gasteiger partial charge in [0.25, 0.3) is 5.91 Å². The van der Waals surface area contributed by atoms with E-state index in [4.69, 9.17) is 15.5 Å². The van der Waals surface area contributed by atoms with Crippen LogP contribution in [0.1, 0.15) is 62.0 Å². The number of halogens is 1. The van der Waals surface area contributed by atoms with E-state index in [1.54, 1.807) is 55.3 Å². The van der Waals surface area contributed by atoms with Crippen LogP contribution < -0.4 is 21.1 Å². The molecule has 12 nitrogen and oxygen atoms in total. The molecule has 2 aliphatic rings. The second-order valence-corrected chi connectivity index (χ2v) is 14.9. The maximum Gasteiger partial charge on any atom is 0.314 e. The van der Waals surface area contributed by atoms with Gasteiger partial charge < -0.3 is 30.9 Å². The fraction of sp³-hybridized carbons (Fsp3) is 0.419. The number of amides is 3. The number of rotatable bonds is 10. The van der Waals surface area contributed by atoms with Crippen molar-refractivity contribution in [2.75, 3.05) is 23.7 Å². The molecule has 0 atom stereocenters. The van der Waals surface area contributed by atoms with Gasteiger partial charge >= 0.3 is 6.03 Å². The zero-order valence-electron chi connectivity index (χ0n) is 25.7. The predicted octanol–water partition coefficient (Wildman–Crippen LogP) is 5.37. The summed E-state index contributed by atoms with van der Waals surface area (Å²) < 4.78 is 32.9. The fourth-order valence-corrected chi connectivity index (χ4v) is 7.26. The SMILES string of the molecule is CC(C)Oc1cc2c(cc1Nc1ncc(CI)c(Nc3ccccc3S(=O)(=O)C(C)C)n1)C(=O)N(C1CCN(C(N)=O)CC1)C2. The molecule has 3 heterocycles. The summed E-state index contributed by atoms with van der Waals surface area (Å²) in [4.78, 5) is 38.1. The fourth-order valence-electron chi connectivity index (χ4n) is 5.50. The van der Waals surface area contributed by atoms with E-state index in [9.17, 15) is 18.0 Å².